The van der Waals surface area contributed by atoms with Crippen LogP contribution in [0.4, 0.5) is 13.2 Å². The van der Waals surface area contributed by atoms with Crippen LogP contribution in [0.15, 0.2) is 72.8 Å². The van der Waals surface area contributed by atoms with E-state index in [-0.39, 0.29) is 18.1 Å². The number of hydrogen-bond acceptors (Lipinski definition) is 3. The molecule has 0 bridgehead atoms. The Labute approximate surface area is 169 Å². The molecule has 5 nitrogen and oxygen atoms in total. The fraction of sp³-hybridized carbons (Fsp3) is 0.0909. The van der Waals surface area contributed by atoms with Gasteiger partial charge in [-0.1, -0.05) is 30.3 Å². The van der Waals surface area contributed by atoms with Gasteiger partial charge < -0.3 is 9.84 Å². The van der Waals surface area contributed by atoms with E-state index in [1.54, 1.807) is 53.0 Å². The summed E-state index contributed by atoms with van der Waals surface area (Å²) in [5, 5.41) is 13.6. The third kappa shape index (κ3) is 3.98. The summed E-state index contributed by atoms with van der Waals surface area (Å²) >= 11 is 0. The Kier molecular flexibility index (Phi) is 4.91. The van der Waals surface area contributed by atoms with Gasteiger partial charge in [-0.2, -0.15) is 13.2 Å². The van der Waals surface area contributed by atoms with Gasteiger partial charge >= 0.3 is 12.1 Å². The number of carboxylic acid groups (broad SMARTS) is 1. The Morgan fingerprint density at radius 1 is 1.00 bits per heavy atom. The molecule has 0 aliphatic carbocycles. The van der Waals surface area contributed by atoms with Gasteiger partial charge in [0.1, 0.15) is 6.61 Å². The van der Waals surface area contributed by atoms with Crippen LogP contribution in [-0.4, -0.2) is 20.7 Å². The van der Waals surface area contributed by atoms with E-state index < -0.39 is 17.7 Å². The van der Waals surface area contributed by atoms with E-state index in [0.717, 1.165) is 12.1 Å². The fourth-order valence-electron chi connectivity index (χ4n) is 3.09. The standard InChI is InChI=1S/C22H15F3N2O3/c23-22(24,25)17-7-1-4-14(10-17)13-30-20-12-18-8-3-9-19(27(18)26-20)15-5-2-6-16(11-15)21(28)29/h1-12H,13H2,(H,28,29). The number of hydrogen-bond donors (Lipinski definition) is 1. The highest BCUT2D eigenvalue weighted by Crippen LogP contribution is 2.30. The van der Waals surface area contributed by atoms with Crippen LogP contribution in [-0.2, 0) is 12.8 Å². The predicted molar refractivity (Wildman–Crippen MR) is 103 cm³/mol. The Bertz CT molecular complexity index is 1230. The molecule has 30 heavy (non-hydrogen) atoms. The Balaban J connectivity index is 1.61. The molecular weight excluding hydrogens is 397 g/mol. The summed E-state index contributed by atoms with van der Waals surface area (Å²) in [6.07, 6.45) is -4.42. The number of rotatable bonds is 5. The van der Waals surface area contributed by atoms with Crippen LogP contribution in [0.3, 0.4) is 0 Å². The van der Waals surface area contributed by atoms with Gasteiger partial charge in [-0.05, 0) is 42.0 Å². The molecule has 2 aromatic heterocycles. The molecule has 0 unspecified atom stereocenters. The summed E-state index contributed by atoms with van der Waals surface area (Å²) in [6.45, 7) is -0.0718. The first kappa shape index (κ1) is 19.5. The molecule has 2 heterocycles. The quantitative estimate of drug-likeness (QED) is 0.483. The summed E-state index contributed by atoms with van der Waals surface area (Å²) in [5.41, 5.74) is 1.80. The van der Waals surface area contributed by atoms with Crippen molar-refractivity contribution >= 4 is 11.5 Å². The first-order valence-corrected chi connectivity index (χ1v) is 8.93. The number of pyridine rings is 1. The lowest BCUT2D eigenvalue weighted by atomic mass is 10.1. The maximum atomic E-state index is 12.9. The van der Waals surface area contributed by atoms with Crippen molar-refractivity contribution in [1.82, 2.24) is 9.61 Å². The fourth-order valence-corrected chi connectivity index (χ4v) is 3.09. The molecule has 0 amide bonds. The second-order valence-electron chi connectivity index (χ2n) is 6.60. The second-order valence-corrected chi connectivity index (χ2v) is 6.60. The molecule has 4 aromatic rings. The largest absolute Gasteiger partial charge is 0.478 e. The third-order valence-electron chi connectivity index (χ3n) is 4.51. The van der Waals surface area contributed by atoms with Gasteiger partial charge in [0, 0.05) is 11.6 Å². The van der Waals surface area contributed by atoms with E-state index in [4.69, 9.17) is 4.74 Å². The maximum absolute atomic E-state index is 12.9. The zero-order chi connectivity index (χ0) is 21.3. The van der Waals surface area contributed by atoms with Crippen LogP contribution in [0.2, 0.25) is 0 Å². The maximum Gasteiger partial charge on any atom is 0.416 e. The number of alkyl halides is 3. The van der Waals surface area contributed by atoms with Crippen LogP contribution in [0, 0.1) is 0 Å². The third-order valence-corrected chi connectivity index (χ3v) is 4.51. The van der Waals surface area contributed by atoms with Crippen molar-refractivity contribution in [1.29, 1.82) is 0 Å². The van der Waals surface area contributed by atoms with Crippen LogP contribution in [0.25, 0.3) is 16.8 Å². The summed E-state index contributed by atoms with van der Waals surface area (Å²) < 4.78 is 45.8. The Morgan fingerprint density at radius 3 is 2.53 bits per heavy atom. The van der Waals surface area contributed by atoms with Gasteiger partial charge in [0.25, 0.3) is 0 Å². The highest BCUT2D eigenvalue weighted by Gasteiger charge is 2.30. The highest BCUT2D eigenvalue weighted by molar-refractivity contribution is 5.89. The van der Waals surface area contributed by atoms with Gasteiger partial charge in [0.2, 0.25) is 5.88 Å². The lowest BCUT2D eigenvalue weighted by Gasteiger charge is -2.09. The number of benzene rings is 2. The number of halogens is 3. The summed E-state index contributed by atoms with van der Waals surface area (Å²) in [4.78, 5) is 11.2. The highest BCUT2D eigenvalue weighted by atomic mass is 19.4. The zero-order valence-corrected chi connectivity index (χ0v) is 15.4. The minimum atomic E-state index is -4.42. The second kappa shape index (κ2) is 7.55. The molecule has 0 saturated heterocycles. The Morgan fingerprint density at radius 2 is 1.77 bits per heavy atom. The molecule has 0 aliphatic rings. The van der Waals surface area contributed by atoms with Crippen molar-refractivity contribution in [2.24, 2.45) is 0 Å². The van der Waals surface area contributed by atoms with Gasteiger partial charge in [-0.25, -0.2) is 9.31 Å². The topological polar surface area (TPSA) is 63.8 Å². The number of fused-ring (bicyclic) bond motifs is 1. The molecule has 0 saturated carbocycles. The summed E-state index contributed by atoms with van der Waals surface area (Å²) in [6, 6.07) is 18.4. The first-order chi connectivity index (χ1) is 14.3. The number of carboxylic acids is 1. The average Bonchev–Trinajstić information content (AvgIpc) is 3.15. The van der Waals surface area contributed by atoms with Crippen LogP contribution < -0.4 is 4.74 Å². The van der Waals surface area contributed by atoms with Crippen molar-refractivity contribution in [3.63, 3.8) is 0 Å². The zero-order valence-electron chi connectivity index (χ0n) is 15.4. The normalized spacial score (nSPS) is 11.6. The molecule has 0 spiro atoms. The lowest BCUT2D eigenvalue weighted by molar-refractivity contribution is -0.137. The van der Waals surface area contributed by atoms with Crippen LogP contribution in [0.5, 0.6) is 5.88 Å². The monoisotopic (exact) mass is 412 g/mol. The van der Waals surface area contributed by atoms with E-state index in [1.165, 1.54) is 12.1 Å². The van der Waals surface area contributed by atoms with Crippen molar-refractivity contribution in [3.05, 3.63) is 89.5 Å². The van der Waals surface area contributed by atoms with Crippen LogP contribution >= 0.6 is 0 Å². The number of carbonyl (C=O) groups is 1. The molecular formula is C22H15F3N2O3. The number of nitrogens with zero attached hydrogens (tertiary/aromatic N) is 2. The smallest absolute Gasteiger partial charge is 0.416 e. The molecule has 1 N–H and O–H groups in total. The van der Waals surface area contributed by atoms with Crippen molar-refractivity contribution < 1.29 is 27.8 Å². The van der Waals surface area contributed by atoms with Gasteiger partial charge in [-0.3, -0.25) is 0 Å². The molecule has 0 atom stereocenters. The molecule has 4 rings (SSSR count). The number of aromatic nitrogens is 2. The number of aromatic carboxylic acids is 1. The van der Waals surface area contributed by atoms with E-state index in [0.29, 0.717) is 22.3 Å². The minimum Gasteiger partial charge on any atom is -0.478 e. The molecule has 0 aliphatic heterocycles. The van der Waals surface area contributed by atoms with Crippen LogP contribution in [0.1, 0.15) is 21.5 Å². The SMILES string of the molecule is O=C(O)c1cccc(-c2cccc3cc(OCc4cccc(C(F)(F)F)c4)nn23)c1. The van der Waals surface area contributed by atoms with E-state index in [9.17, 15) is 23.1 Å². The van der Waals surface area contributed by atoms with E-state index >= 15 is 0 Å². The van der Waals surface area contributed by atoms with Gasteiger partial charge in [0.05, 0.1) is 22.3 Å². The molecule has 2 aromatic carbocycles. The van der Waals surface area contributed by atoms with E-state index in [1.807, 2.05) is 0 Å². The van der Waals surface area contributed by atoms with Crippen molar-refractivity contribution in [2.45, 2.75) is 12.8 Å². The Hall–Kier alpha value is -3.81. The lowest BCUT2D eigenvalue weighted by Crippen LogP contribution is -2.06. The van der Waals surface area contributed by atoms with Crippen molar-refractivity contribution in [2.75, 3.05) is 0 Å². The predicted octanol–water partition coefficient (Wildman–Crippen LogP) is 5.30. The summed E-state index contributed by atoms with van der Waals surface area (Å²) in [7, 11) is 0. The van der Waals surface area contributed by atoms with E-state index in [2.05, 4.69) is 5.10 Å². The minimum absolute atomic E-state index is 0.0718. The molecule has 152 valence electrons. The molecule has 8 heteroatoms. The van der Waals surface area contributed by atoms with Crippen molar-refractivity contribution in [3.8, 4) is 17.1 Å². The molecule has 0 fully saturated rings. The van der Waals surface area contributed by atoms with Gasteiger partial charge in [0.15, 0.2) is 0 Å². The van der Waals surface area contributed by atoms with Gasteiger partial charge in [-0.15, -0.1) is 5.10 Å². The first-order valence-electron chi connectivity index (χ1n) is 8.93. The number of ether oxygens (including phenoxy) is 1. The molecule has 0 radical (unpaired) electrons. The summed E-state index contributed by atoms with van der Waals surface area (Å²) in [5.74, 6) is -0.788. The average molecular weight is 412 g/mol.